The third kappa shape index (κ3) is 14.1. The third-order valence-corrected chi connectivity index (χ3v) is 7.84. The topological polar surface area (TPSA) is 59.1 Å². The molecule has 0 amide bonds. The average molecular weight is 509 g/mol. The molecule has 2 atom stereocenters. The second-order valence-corrected chi connectivity index (χ2v) is 11.1. The lowest BCUT2D eigenvalue weighted by atomic mass is 10.1. The summed E-state index contributed by atoms with van der Waals surface area (Å²) in [5, 5.41) is 0. The summed E-state index contributed by atoms with van der Waals surface area (Å²) < 4.78 is 11.5. The molecule has 0 saturated carbocycles. The minimum Gasteiger partial charge on any atom is -0.466 e. The molecular weight excluding hydrogens is 452 g/mol. The zero-order valence-electron chi connectivity index (χ0n) is 23.7. The molecule has 0 N–H and O–H groups in total. The first-order valence-electron chi connectivity index (χ1n) is 15.3. The molecule has 210 valence electrons. The normalized spacial score (nSPS) is 20.8. The van der Waals surface area contributed by atoms with Crippen LogP contribution >= 0.6 is 0 Å². The van der Waals surface area contributed by atoms with Crippen LogP contribution in [0.4, 0.5) is 0 Å². The molecule has 0 radical (unpaired) electrons. The third-order valence-electron chi connectivity index (χ3n) is 7.84. The van der Waals surface area contributed by atoms with Crippen molar-refractivity contribution in [2.75, 3.05) is 45.9 Å². The fourth-order valence-corrected chi connectivity index (χ4v) is 5.63. The lowest BCUT2D eigenvalue weighted by Crippen LogP contribution is -2.35. The minimum absolute atomic E-state index is 0.00473. The number of hydrogen-bond donors (Lipinski definition) is 0. The van der Waals surface area contributed by atoms with Gasteiger partial charge in [0.05, 0.1) is 18.8 Å². The summed E-state index contributed by atoms with van der Waals surface area (Å²) in [4.78, 5) is 29.0. The van der Waals surface area contributed by atoms with Crippen LogP contribution < -0.4 is 0 Å². The molecule has 2 rings (SSSR count). The minimum atomic E-state index is -0.0558. The Morgan fingerprint density at radius 3 is 2.14 bits per heavy atom. The number of ether oxygens (including phenoxy) is 2. The average Bonchev–Trinajstić information content (AvgIpc) is 3.53. The van der Waals surface area contributed by atoms with Gasteiger partial charge in [0.1, 0.15) is 5.78 Å². The number of ketones is 1. The van der Waals surface area contributed by atoms with Crippen molar-refractivity contribution in [2.45, 2.75) is 135 Å². The molecule has 36 heavy (non-hydrogen) atoms. The highest BCUT2D eigenvalue weighted by molar-refractivity contribution is 5.81. The fraction of sp³-hybridized carbons (Fsp3) is 0.933. The number of likely N-dealkylation sites (tertiary alicyclic amines) is 2. The second-order valence-electron chi connectivity index (χ2n) is 11.1. The largest absolute Gasteiger partial charge is 0.466 e. The van der Waals surface area contributed by atoms with Crippen LogP contribution in [-0.2, 0) is 19.1 Å². The number of unbranched alkanes of at least 4 members (excludes halogenated alkanes) is 10. The maximum atomic E-state index is 12.2. The van der Waals surface area contributed by atoms with E-state index in [1.165, 1.54) is 70.9 Å². The van der Waals surface area contributed by atoms with Gasteiger partial charge in [0.15, 0.2) is 0 Å². The van der Waals surface area contributed by atoms with Crippen LogP contribution in [0, 0.1) is 0 Å². The summed E-state index contributed by atoms with van der Waals surface area (Å²) in [6.07, 6.45) is 19.6. The van der Waals surface area contributed by atoms with Gasteiger partial charge in [-0.25, -0.2) is 0 Å². The number of Topliss-reactive ketones (excluding diaryl/α,β-unsaturated/α-hetero) is 1. The second kappa shape index (κ2) is 20.0. The van der Waals surface area contributed by atoms with Crippen molar-refractivity contribution in [3.05, 3.63) is 0 Å². The van der Waals surface area contributed by atoms with E-state index < -0.39 is 0 Å². The van der Waals surface area contributed by atoms with Gasteiger partial charge in [-0.3, -0.25) is 14.5 Å². The molecule has 2 aliphatic rings. The molecule has 2 saturated heterocycles. The van der Waals surface area contributed by atoms with E-state index >= 15 is 0 Å². The first kappa shape index (κ1) is 31.2. The van der Waals surface area contributed by atoms with Crippen LogP contribution in [0.15, 0.2) is 0 Å². The van der Waals surface area contributed by atoms with E-state index in [4.69, 9.17) is 9.47 Å². The highest BCUT2D eigenvalue weighted by Crippen LogP contribution is 2.22. The zero-order chi connectivity index (χ0) is 25.8. The van der Waals surface area contributed by atoms with Gasteiger partial charge < -0.3 is 14.4 Å². The predicted octanol–water partition coefficient (Wildman–Crippen LogP) is 6.16. The summed E-state index contributed by atoms with van der Waals surface area (Å²) >= 11 is 0. The summed E-state index contributed by atoms with van der Waals surface area (Å²) in [6, 6.07) is -0.00473. The quantitative estimate of drug-likeness (QED) is 0.129. The predicted molar refractivity (Wildman–Crippen MR) is 147 cm³/mol. The molecular formula is C30H56N2O4. The fourth-order valence-electron chi connectivity index (χ4n) is 5.63. The number of rotatable bonds is 22. The van der Waals surface area contributed by atoms with Gasteiger partial charge in [0.25, 0.3) is 0 Å². The Bertz CT molecular complexity index is 579. The van der Waals surface area contributed by atoms with Gasteiger partial charge in [0, 0.05) is 26.1 Å². The molecule has 2 heterocycles. The van der Waals surface area contributed by atoms with Gasteiger partial charge in [-0.15, -0.1) is 0 Å². The molecule has 0 aromatic heterocycles. The summed E-state index contributed by atoms with van der Waals surface area (Å²) in [5.74, 6) is 0.193. The van der Waals surface area contributed by atoms with E-state index in [1.54, 1.807) is 6.92 Å². The van der Waals surface area contributed by atoms with Gasteiger partial charge in [-0.05, 0) is 71.5 Å². The van der Waals surface area contributed by atoms with E-state index in [9.17, 15) is 9.59 Å². The van der Waals surface area contributed by atoms with Crippen LogP contribution in [0.1, 0.15) is 123 Å². The van der Waals surface area contributed by atoms with Crippen LogP contribution in [0.2, 0.25) is 0 Å². The number of nitrogens with zero attached hydrogens (tertiary/aromatic N) is 2. The zero-order valence-corrected chi connectivity index (χ0v) is 23.7. The van der Waals surface area contributed by atoms with Crippen molar-refractivity contribution in [1.29, 1.82) is 0 Å². The summed E-state index contributed by atoms with van der Waals surface area (Å²) in [5.41, 5.74) is 0. The number of carbonyl (C=O) groups is 2. The van der Waals surface area contributed by atoms with Gasteiger partial charge in [-0.1, -0.05) is 64.7 Å². The summed E-state index contributed by atoms with van der Waals surface area (Å²) in [6.45, 7) is 10.7. The number of hydrogen-bond acceptors (Lipinski definition) is 6. The summed E-state index contributed by atoms with van der Waals surface area (Å²) in [7, 11) is 0. The van der Waals surface area contributed by atoms with Crippen molar-refractivity contribution in [3.63, 3.8) is 0 Å². The molecule has 2 fully saturated rings. The van der Waals surface area contributed by atoms with Crippen LogP contribution in [0.3, 0.4) is 0 Å². The molecule has 6 heteroatoms. The number of carbonyl (C=O) groups excluding carboxylic acids is 2. The van der Waals surface area contributed by atoms with E-state index in [-0.39, 0.29) is 23.9 Å². The van der Waals surface area contributed by atoms with Crippen LogP contribution in [0.25, 0.3) is 0 Å². The molecule has 6 nitrogen and oxygen atoms in total. The first-order valence-corrected chi connectivity index (χ1v) is 15.3. The van der Waals surface area contributed by atoms with Gasteiger partial charge in [0.2, 0.25) is 0 Å². The Morgan fingerprint density at radius 1 is 0.778 bits per heavy atom. The highest BCUT2D eigenvalue weighted by atomic mass is 16.5. The molecule has 0 aliphatic carbocycles. The monoisotopic (exact) mass is 508 g/mol. The van der Waals surface area contributed by atoms with E-state index in [1.807, 2.05) is 0 Å². The van der Waals surface area contributed by atoms with E-state index in [2.05, 4.69) is 16.7 Å². The van der Waals surface area contributed by atoms with Crippen molar-refractivity contribution in [3.8, 4) is 0 Å². The molecule has 0 aromatic carbocycles. The number of esters is 1. The lowest BCUT2D eigenvalue weighted by Gasteiger charge is -2.21. The van der Waals surface area contributed by atoms with E-state index in [0.717, 1.165) is 71.2 Å². The maximum absolute atomic E-state index is 12.2. The Morgan fingerprint density at radius 2 is 1.44 bits per heavy atom. The Labute approximate surface area is 221 Å². The molecule has 0 spiro atoms. The standard InChI is InChI=1S/C30H56N2O4/c1-3-4-5-6-7-8-9-10-16-23-36-30(34)18-12-11-13-22-32-26-28(25-29(32)27(2)33)35-24-17-21-31-19-14-15-20-31/h28-29H,3-26H2,1-2H3. The molecule has 0 aromatic rings. The van der Waals surface area contributed by atoms with E-state index in [0.29, 0.717) is 13.0 Å². The van der Waals surface area contributed by atoms with Crippen molar-refractivity contribution in [1.82, 2.24) is 9.80 Å². The molecule has 2 aliphatic heterocycles. The Kier molecular flexibility index (Phi) is 17.4. The Balaban J connectivity index is 1.44. The van der Waals surface area contributed by atoms with Crippen molar-refractivity contribution >= 4 is 11.8 Å². The lowest BCUT2D eigenvalue weighted by molar-refractivity contribution is -0.143. The van der Waals surface area contributed by atoms with Gasteiger partial charge >= 0.3 is 5.97 Å². The van der Waals surface area contributed by atoms with Gasteiger partial charge in [-0.2, -0.15) is 0 Å². The maximum Gasteiger partial charge on any atom is 0.305 e. The molecule has 0 bridgehead atoms. The van der Waals surface area contributed by atoms with Crippen molar-refractivity contribution in [2.24, 2.45) is 0 Å². The first-order chi connectivity index (χ1) is 17.6. The van der Waals surface area contributed by atoms with Crippen LogP contribution in [0.5, 0.6) is 0 Å². The highest BCUT2D eigenvalue weighted by Gasteiger charge is 2.34. The molecule has 2 unspecified atom stereocenters. The SMILES string of the molecule is CCCCCCCCCCCOC(=O)CCCCCN1CC(OCCCN2CCCC2)CC1C(C)=O. The van der Waals surface area contributed by atoms with Crippen molar-refractivity contribution < 1.29 is 19.1 Å². The Hall–Kier alpha value is -0.980. The smallest absolute Gasteiger partial charge is 0.305 e. The van der Waals surface area contributed by atoms with Crippen LogP contribution in [-0.4, -0.2) is 79.6 Å².